The molecular weight excluding hydrogens is 1140 g/mol. The Balaban J connectivity index is 1.15. The van der Waals surface area contributed by atoms with E-state index in [4.69, 9.17) is 11.5 Å². The molecule has 88 heavy (non-hydrogen) atoms. The van der Waals surface area contributed by atoms with Gasteiger partial charge in [0.05, 0.1) is 25.8 Å². The lowest BCUT2D eigenvalue weighted by atomic mass is 9.92. The van der Waals surface area contributed by atoms with Crippen LogP contribution in [-0.2, 0) is 85.0 Å². The Morgan fingerprint density at radius 1 is 0.580 bits per heavy atom. The van der Waals surface area contributed by atoms with Gasteiger partial charge in [-0.05, 0) is 78.1 Å². The fourth-order valence-electron chi connectivity index (χ4n) is 9.91. The van der Waals surface area contributed by atoms with Crippen molar-refractivity contribution in [3.63, 3.8) is 0 Å². The van der Waals surface area contributed by atoms with Crippen molar-refractivity contribution >= 4 is 65.0 Å². The number of carbonyl (C=O) groups excluding carboxylic acids is 10. The number of aromatic hydroxyl groups is 1. The molecule has 0 radical (unpaired) electrons. The minimum absolute atomic E-state index is 0.000783. The van der Waals surface area contributed by atoms with Gasteiger partial charge < -0.3 is 74.0 Å². The standard InChI is InChI=1S/C62H75N11O15/c1-35(2)27-47(69-56(81)46(30-38-15-8-5-9-16-38)67-53(78)43(63)28-39-20-22-42(76)23-21-39)61(86)72-26-12-19-50(72)58(83)70-48(33-74)57(82)66-44(24-25-52(64)77)54(79)68-45(29-37-13-6-4-7-14-37)55(80)65-36(3)60(85)73-32-41-18-11-10-17-40(41)31-51(73)59(84)71-49(34-75)62(87)88/h4-18,20-23,35-36,43-49,51,74-76H,24-34,63H2,1-3H3,(H2,64,77)(H,65,80)(H,66,82)(H,67,78)(H,68,79)(H,69,81)(H,70,83)(H,71,84)(H,87,88)/t36-,43-,44+,45+,46+,47+,48-,49+,51+/m1/s1. The van der Waals surface area contributed by atoms with Gasteiger partial charge in [0.25, 0.3) is 11.8 Å². The molecule has 9 atom stereocenters. The number of carboxylic acid groups (broad SMARTS) is 1. The van der Waals surface area contributed by atoms with Gasteiger partial charge in [-0.15, -0.1) is 0 Å². The van der Waals surface area contributed by atoms with Crippen molar-refractivity contribution in [3.05, 3.63) is 155 Å². The molecule has 2 heterocycles. The van der Waals surface area contributed by atoms with Gasteiger partial charge in [-0.3, -0.25) is 52.8 Å². The molecule has 10 amide bonds. The van der Waals surface area contributed by atoms with Crippen LogP contribution in [-0.4, -0.2) is 169 Å². The second kappa shape index (κ2) is 32.1. The molecule has 0 fully saturated rings. The third-order valence-electron chi connectivity index (χ3n) is 14.6. The van der Waals surface area contributed by atoms with Crippen molar-refractivity contribution in [1.82, 2.24) is 47.0 Å². The number of benzene rings is 4. The van der Waals surface area contributed by atoms with Crippen molar-refractivity contribution in [1.29, 1.82) is 0 Å². The first kappa shape index (κ1) is 67.4. The lowest BCUT2D eigenvalue weighted by molar-refractivity contribution is -0.147. The first-order chi connectivity index (χ1) is 42.0. The topological polar surface area (TPSA) is 411 Å². The number of carbonyl (C=O) groups is 11. The van der Waals surface area contributed by atoms with E-state index < -0.39 is 151 Å². The number of aliphatic hydroxyl groups excluding tert-OH is 2. The van der Waals surface area contributed by atoms with Crippen LogP contribution in [0.25, 0.3) is 0 Å². The van der Waals surface area contributed by atoms with Gasteiger partial charge in [0.1, 0.15) is 54.1 Å². The van der Waals surface area contributed by atoms with Crippen LogP contribution in [0.5, 0.6) is 5.75 Å². The molecule has 0 spiro atoms. The average molecular weight is 1210 g/mol. The predicted molar refractivity (Wildman–Crippen MR) is 317 cm³/mol. The van der Waals surface area contributed by atoms with Crippen LogP contribution in [0.15, 0.2) is 127 Å². The van der Waals surface area contributed by atoms with Gasteiger partial charge in [0.15, 0.2) is 5.70 Å². The molecule has 15 N–H and O–H groups in total. The summed E-state index contributed by atoms with van der Waals surface area (Å²) in [5.41, 5.74) is 17.3. The summed E-state index contributed by atoms with van der Waals surface area (Å²) in [6.45, 7) is 2.62. The molecular formula is C62H75N11O15. The van der Waals surface area contributed by atoms with Gasteiger partial charge in [0, 0.05) is 32.2 Å². The minimum atomic E-state index is -1.82. The van der Waals surface area contributed by atoms with E-state index in [1.807, 2.05) is 0 Å². The Bertz CT molecular complexity index is 3250. The molecule has 26 heteroatoms. The Morgan fingerprint density at radius 3 is 1.66 bits per heavy atom. The fourth-order valence-corrected chi connectivity index (χ4v) is 9.91. The Labute approximate surface area is 507 Å². The summed E-state index contributed by atoms with van der Waals surface area (Å²) in [5.74, 6) is -10.6. The van der Waals surface area contributed by atoms with E-state index in [-0.39, 0.29) is 56.9 Å². The molecule has 4 aromatic carbocycles. The van der Waals surface area contributed by atoms with Crippen LogP contribution in [0.1, 0.15) is 67.9 Å². The van der Waals surface area contributed by atoms with Crippen molar-refractivity contribution in [3.8, 4) is 5.75 Å². The number of aliphatic hydroxyl groups is 2. The number of fused-ring (bicyclic) bond motifs is 1. The Kier molecular flexibility index (Phi) is 24.6. The van der Waals surface area contributed by atoms with Crippen molar-refractivity contribution in [2.45, 2.75) is 127 Å². The number of aliphatic carboxylic acids is 1. The zero-order valence-electron chi connectivity index (χ0n) is 48.9. The summed E-state index contributed by atoms with van der Waals surface area (Å²) in [6, 6.07) is 17.3. The summed E-state index contributed by atoms with van der Waals surface area (Å²) in [7, 11) is 0. The van der Waals surface area contributed by atoms with Crippen LogP contribution >= 0.6 is 0 Å². The van der Waals surface area contributed by atoms with Gasteiger partial charge in [0.2, 0.25) is 47.3 Å². The molecule has 26 nitrogen and oxygen atoms in total. The van der Waals surface area contributed by atoms with Gasteiger partial charge in [-0.25, -0.2) is 4.79 Å². The molecule has 4 aromatic rings. The Morgan fingerprint density at radius 2 is 1.09 bits per heavy atom. The molecule has 0 saturated heterocycles. The lowest BCUT2D eigenvalue weighted by Crippen LogP contribution is -2.61. The van der Waals surface area contributed by atoms with Crippen LogP contribution in [0.2, 0.25) is 0 Å². The maximum Gasteiger partial charge on any atom is 0.328 e. The maximum absolute atomic E-state index is 14.5. The van der Waals surface area contributed by atoms with Crippen molar-refractivity contribution in [2.75, 3.05) is 19.8 Å². The zero-order valence-corrected chi connectivity index (χ0v) is 48.9. The van der Waals surface area contributed by atoms with Crippen LogP contribution in [0.4, 0.5) is 0 Å². The number of amides is 10. The molecule has 0 unspecified atom stereocenters. The second-order valence-electron chi connectivity index (χ2n) is 21.9. The highest BCUT2D eigenvalue weighted by Crippen LogP contribution is 2.25. The number of phenols is 1. The van der Waals surface area contributed by atoms with Gasteiger partial charge >= 0.3 is 5.97 Å². The summed E-state index contributed by atoms with van der Waals surface area (Å²) in [6.07, 6.45) is 0.336. The van der Waals surface area contributed by atoms with Crippen molar-refractivity contribution < 1.29 is 73.2 Å². The number of rotatable bonds is 30. The first-order valence-corrected chi connectivity index (χ1v) is 28.6. The lowest BCUT2D eigenvalue weighted by Gasteiger charge is -2.38. The number of nitrogens with zero attached hydrogens (tertiary/aromatic N) is 2. The minimum Gasteiger partial charge on any atom is -0.508 e. The van der Waals surface area contributed by atoms with Gasteiger partial charge in [-0.1, -0.05) is 117 Å². The molecule has 6 rings (SSSR count). The number of hydrogen-bond donors (Lipinski definition) is 13. The number of nitrogens with one attached hydrogen (secondary N) is 7. The molecule has 0 bridgehead atoms. The van der Waals surface area contributed by atoms with Crippen LogP contribution in [0.3, 0.4) is 0 Å². The van der Waals surface area contributed by atoms with Crippen LogP contribution < -0.4 is 48.7 Å². The number of nitrogens with two attached hydrogens (primary N) is 2. The second-order valence-corrected chi connectivity index (χ2v) is 21.9. The van der Waals surface area contributed by atoms with E-state index in [1.165, 1.54) is 30.0 Å². The molecule has 2 aliphatic heterocycles. The highest BCUT2D eigenvalue weighted by molar-refractivity contribution is 6.03. The normalized spacial score (nSPS) is 16.1. The first-order valence-electron chi connectivity index (χ1n) is 28.6. The van der Waals surface area contributed by atoms with E-state index in [0.717, 1.165) is 4.90 Å². The molecule has 468 valence electrons. The van der Waals surface area contributed by atoms with E-state index in [1.54, 1.807) is 111 Å². The highest BCUT2D eigenvalue weighted by Gasteiger charge is 2.40. The van der Waals surface area contributed by atoms with E-state index in [9.17, 15) is 73.2 Å². The number of carboxylic acids is 1. The third kappa shape index (κ3) is 19.1. The largest absolute Gasteiger partial charge is 0.508 e. The highest BCUT2D eigenvalue weighted by atomic mass is 16.4. The zero-order chi connectivity index (χ0) is 64.2. The van der Waals surface area contributed by atoms with E-state index in [0.29, 0.717) is 27.8 Å². The van der Waals surface area contributed by atoms with E-state index in [2.05, 4.69) is 42.9 Å². The quantitative estimate of drug-likeness (QED) is 0.0261. The average Bonchev–Trinajstić information content (AvgIpc) is 3.61. The summed E-state index contributed by atoms with van der Waals surface area (Å²) in [4.78, 5) is 153. The van der Waals surface area contributed by atoms with E-state index >= 15 is 0 Å². The maximum atomic E-state index is 14.5. The van der Waals surface area contributed by atoms with Gasteiger partial charge in [-0.2, -0.15) is 0 Å². The number of phenolic OH excluding ortho intramolecular Hbond substituents is 1. The fraction of sp³-hybridized carbons (Fsp3) is 0.387. The summed E-state index contributed by atoms with van der Waals surface area (Å²) < 4.78 is 0. The monoisotopic (exact) mass is 1210 g/mol. The smallest absolute Gasteiger partial charge is 0.328 e. The molecule has 0 saturated carbocycles. The predicted octanol–water partition coefficient (Wildman–Crippen LogP) is -1.62. The molecule has 0 aliphatic carbocycles. The van der Waals surface area contributed by atoms with Crippen LogP contribution in [0, 0.1) is 5.92 Å². The molecule has 0 aromatic heterocycles. The third-order valence-corrected chi connectivity index (χ3v) is 14.6. The summed E-state index contributed by atoms with van der Waals surface area (Å²) >= 11 is 0. The molecule has 2 aliphatic rings. The van der Waals surface area contributed by atoms with Crippen molar-refractivity contribution in [2.24, 2.45) is 17.4 Å². The summed E-state index contributed by atoms with van der Waals surface area (Å²) in [5, 5.41) is 57.0. The number of hydrogen-bond acceptors (Lipinski definition) is 15. The number of primary amides is 1. The Hall–Kier alpha value is -9.75. The SMILES string of the molecule is CC(C)C[C@H](NC(=O)[C@H](Cc1ccccc1)NC(=O)[C@H](N)Cc1ccc(O)cc1)C(=O)N1CC=C=C1C(=O)N[C@H](CO)C(=O)N[C@@H](CCC(N)=O)C(=O)N[C@@H](Cc1ccccc1)C(=O)N[C@H](C)C(=O)N1Cc2ccccc2C[C@H]1C(=O)N[C@@H](CO)C(=O)O.